The van der Waals surface area contributed by atoms with Gasteiger partial charge in [0.25, 0.3) is 0 Å². The van der Waals surface area contributed by atoms with Crippen molar-refractivity contribution in [1.29, 1.82) is 0 Å². The lowest BCUT2D eigenvalue weighted by Gasteiger charge is -2.29. The Kier molecular flexibility index (Phi) is 9.69. The molecule has 1 aliphatic carbocycles. The normalized spacial score (nSPS) is 21.5. The SMILES string of the molecule is CCCCCC(C(=O)NOCCN1CCOCC1)C1CCCCC1. The molecule has 1 aliphatic heterocycles. The fourth-order valence-corrected chi connectivity index (χ4v) is 3.93. The van der Waals surface area contributed by atoms with Crippen molar-refractivity contribution in [2.75, 3.05) is 39.5 Å². The molecule has 0 aromatic heterocycles. The van der Waals surface area contributed by atoms with E-state index in [4.69, 9.17) is 9.57 Å². The summed E-state index contributed by atoms with van der Waals surface area (Å²) in [5, 5.41) is 0. The lowest BCUT2D eigenvalue weighted by atomic mass is 9.77. The van der Waals surface area contributed by atoms with Gasteiger partial charge in [0.05, 0.1) is 19.8 Å². The van der Waals surface area contributed by atoms with Gasteiger partial charge in [0.15, 0.2) is 0 Å². The number of ether oxygens (including phenoxy) is 1. The van der Waals surface area contributed by atoms with E-state index in [9.17, 15) is 4.79 Å². The zero-order valence-corrected chi connectivity index (χ0v) is 15.4. The summed E-state index contributed by atoms with van der Waals surface area (Å²) in [6.07, 6.45) is 10.9. The summed E-state index contributed by atoms with van der Waals surface area (Å²) in [4.78, 5) is 20.4. The van der Waals surface area contributed by atoms with Crippen LogP contribution in [0.2, 0.25) is 0 Å². The monoisotopic (exact) mass is 340 g/mol. The van der Waals surface area contributed by atoms with Crippen LogP contribution in [0.4, 0.5) is 0 Å². The Morgan fingerprint density at radius 1 is 1.21 bits per heavy atom. The van der Waals surface area contributed by atoms with Gasteiger partial charge in [-0.25, -0.2) is 5.48 Å². The third-order valence-corrected chi connectivity index (χ3v) is 5.46. The van der Waals surface area contributed by atoms with Crippen molar-refractivity contribution in [2.24, 2.45) is 11.8 Å². The molecule has 0 spiro atoms. The summed E-state index contributed by atoms with van der Waals surface area (Å²) >= 11 is 0. The van der Waals surface area contributed by atoms with Gasteiger partial charge in [-0.3, -0.25) is 14.5 Å². The van der Waals surface area contributed by atoms with Gasteiger partial charge < -0.3 is 4.74 Å². The summed E-state index contributed by atoms with van der Waals surface area (Å²) in [6.45, 7) is 7.13. The van der Waals surface area contributed by atoms with E-state index in [0.29, 0.717) is 12.5 Å². The van der Waals surface area contributed by atoms with Gasteiger partial charge in [-0.05, 0) is 25.2 Å². The molecule has 1 saturated heterocycles. The number of amides is 1. The summed E-state index contributed by atoms with van der Waals surface area (Å²) in [5.41, 5.74) is 2.75. The maximum absolute atomic E-state index is 12.6. The average molecular weight is 341 g/mol. The van der Waals surface area contributed by atoms with Crippen LogP contribution in [0.5, 0.6) is 0 Å². The first kappa shape index (κ1) is 19.7. The van der Waals surface area contributed by atoms with Gasteiger partial charge in [0.1, 0.15) is 0 Å². The van der Waals surface area contributed by atoms with Gasteiger partial charge in [-0.2, -0.15) is 0 Å². The Bertz CT molecular complexity index is 340. The van der Waals surface area contributed by atoms with E-state index in [2.05, 4.69) is 17.3 Å². The van der Waals surface area contributed by atoms with Crippen LogP contribution in [0.1, 0.15) is 64.7 Å². The molecule has 0 radical (unpaired) electrons. The minimum Gasteiger partial charge on any atom is -0.379 e. The molecular weight excluding hydrogens is 304 g/mol. The number of nitrogens with one attached hydrogen (secondary N) is 1. The third kappa shape index (κ3) is 7.08. The Morgan fingerprint density at radius 2 is 1.96 bits per heavy atom. The molecule has 1 saturated carbocycles. The van der Waals surface area contributed by atoms with Crippen LogP contribution in [-0.2, 0) is 14.4 Å². The molecule has 0 aromatic rings. The van der Waals surface area contributed by atoms with Crippen LogP contribution in [0, 0.1) is 11.8 Å². The maximum Gasteiger partial charge on any atom is 0.246 e. The minimum absolute atomic E-state index is 0.111. The number of carbonyl (C=O) groups excluding carboxylic acids is 1. The molecule has 5 heteroatoms. The standard InChI is InChI=1S/C19H36N2O3/c1-2-3-5-10-18(17-8-6-4-7-9-17)19(22)20-24-16-13-21-11-14-23-15-12-21/h17-18H,2-16H2,1H3,(H,20,22). The van der Waals surface area contributed by atoms with E-state index in [1.807, 2.05) is 0 Å². The Morgan fingerprint density at radius 3 is 2.67 bits per heavy atom. The molecule has 0 bridgehead atoms. The lowest BCUT2D eigenvalue weighted by molar-refractivity contribution is -0.141. The van der Waals surface area contributed by atoms with Crippen molar-refractivity contribution in [3.63, 3.8) is 0 Å². The average Bonchev–Trinajstić information content (AvgIpc) is 2.64. The van der Waals surface area contributed by atoms with E-state index in [1.165, 1.54) is 44.9 Å². The van der Waals surface area contributed by atoms with Crippen molar-refractivity contribution < 1.29 is 14.4 Å². The predicted octanol–water partition coefficient (Wildman–Crippen LogP) is 3.14. The first-order chi connectivity index (χ1) is 11.8. The van der Waals surface area contributed by atoms with Crippen molar-refractivity contribution >= 4 is 5.91 Å². The van der Waals surface area contributed by atoms with E-state index in [0.717, 1.165) is 45.7 Å². The molecule has 1 heterocycles. The molecule has 1 unspecified atom stereocenters. The van der Waals surface area contributed by atoms with Crippen LogP contribution in [-0.4, -0.2) is 50.3 Å². The van der Waals surface area contributed by atoms with Crippen molar-refractivity contribution in [3.05, 3.63) is 0 Å². The van der Waals surface area contributed by atoms with E-state index >= 15 is 0 Å². The van der Waals surface area contributed by atoms with Crippen LogP contribution in [0.15, 0.2) is 0 Å². The fourth-order valence-electron chi connectivity index (χ4n) is 3.93. The van der Waals surface area contributed by atoms with Crippen molar-refractivity contribution in [2.45, 2.75) is 64.7 Å². The van der Waals surface area contributed by atoms with E-state index in [-0.39, 0.29) is 11.8 Å². The Hall–Kier alpha value is -0.650. The number of morpholine rings is 1. The van der Waals surface area contributed by atoms with Gasteiger partial charge in [-0.1, -0.05) is 45.4 Å². The van der Waals surface area contributed by atoms with Crippen LogP contribution < -0.4 is 5.48 Å². The molecule has 140 valence electrons. The molecular formula is C19H36N2O3. The number of hydrogen-bond donors (Lipinski definition) is 1. The Balaban J connectivity index is 1.69. The summed E-state index contributed by atoms with van der Waals surface area (Å²) < 4.78 is 5.34. The second kappa shape index (κ2) is 11.8. The van der Waals surface area contributed by atoms with E-state index < -0.39 is 0 Å². The highest BCUT2D eigenvalue weighted by Crippen LogP contribution is 2.33. The molecule has 1 amide bonds. The lowest BCUT2D eigenvalue weighted by Crippen LogP contribution is -2.40. The number of hydroxylamine groups is 1. The highest BCUT2D eigenvalue weighted by Gasteiger charge is 2.29. The topological polar surface area (TPSA) is 50.8 Å². The van der Waals surface area contributed by atoms with Gasteiger partial charge in [-0.15, -0.1) is 0 Å². The third-order valence-electron chi connectivity index (χ3n) is 5.46. The number of nitrogens with zero attached hydrogens (tertiary/aromatic N) is 1. The molecule has 2 fully saturated rings. The minimum atomic E-state index is 0.111. The molecule has 0 aromatic carbocycles. The molecule has 1 N–H and O–H groups in total. The summed E-state index contributed by atoms with van der Waals surface area (Å²) in [6, 6.07) is 0. The van der Waals surface area contributed by atoms with Gasteiger partial charge in [0, 0.05) is 25.6 Å². The number of unbranched alkanes of at least 4 members (excludes halogenated alkanes) is 2. The molecule has 2 rings (SSSR count). The number of carbonyl (C=O) groups is 1. The molecule has 24 heavy (non-hydrogen) atoms. The molecule has 1 atom stereocenters. The molecule has 5 nitrogen and oxygen atoms in total. The van der Waals surface area contributed by atoms with Gasteiger partial charge >= 0.3 is 0 Å². The smallest absolute Gasteiger partial charge is 0.246 e. The zero-order valence-electron chi connectivity index (χ0n) is 15.4. The molecule has 2 aliphatic rings. The summed E-state index contributed by atoms with van der Waals surface area (Å²) in [7, 11) is 0. The largest absolute Gasteiger partial charge is 0.379 e. The van der Waals surface area contributed by atoms with Crippen molar-refractivity contribution in [3.8, 4) is 0 Å². The van der Waals surface area contributed by atoms with Crippen LogP contribution in [0.25, 0.3) is 0 Å². The second-order valence-electron chi connectivity index (χ2n) is 7.27. The summed E-state index contributed by atoms with van der Waals surface area (Å²) in [5.74, 6) is 0.804. The highest BCUT2D eigenvalue weighted by atomic mass is 16.7. The number of hydrogen-bond acceptors (Lipinski definition) is 4. The fraction of sp³-hybridized carbons (Fsp3) is 0.947. The Labute approximate surface area is 147 Å². The van der Waals surface area contributed by atoms with Crippen LogP contribution in [0.3, 0.4) is 0 Å². The second-order valence-corrected chi connectivity index (χ2v) is 7.27. The van der Waals surface area contributed by atoms with Gasteiger partial charge in [0.2, 0.25) is 5.91 Å². The first-order valence-electron chi connectivity index (χ1n) is 10.0. The van der Waals surface area contributed by atoms with Crippen LogP contribution >= 0.6 is 0 Å². The number of rotatable bonds is 10. The zero-order chi connectivity index (χ0) is 17.0. The predicted molar refractivity (Wildman–Crippen MR) is 95.6 cm³/mol. The van der Waals surface area contributed by atoms with Crippen molar-refractivity contribution in [1.82, 2.24) is 10.4 Å². The maximum atomic E-state index is 12.6. The van der Waals surface area contributed by atoms with E-state index in [1.54, 1.807) is 0 Å². The highest BCUT2D eigenvalue weighted by molar-refractivity contribution is 5.77. The quantitative estimate of drug-likeness (QED) is 0.490. The first-order valence-corrected chi connectivity index (χ1v) is 10.0.